The molecule has 1 atom stereocenters. The van der Waals surface area contributed by atoms with E-state index in [1.807, 2.05) is 58.9 Å². The molecule has 0 radical (unpaired) electrons. The van der Waals surface area contributed by atoms with Crippen molar-refractivity contribution in [2.75, 3.05) is 6.54 Å². The molecule has 1 N–H and O–H groups in total. The summed E-state index contributed by atoms with van der Waals surface area (Å²) in [5.74, 6) is 0.388. The first-order valence-electron chi connectivity index (χ1n) is 11.3. The van der Waals surface area contributed by atoms with Crippen molar-refractivity contribution in [3.05, 3.63) is 65.5 Å². The van der Waals surface area contributed by atoms with E-state index in [2.05, 4.69) is 10.3 Å². The minimum absolute atomic E-state index is 0.0260. The van der Waals surface area contributed by atoms with Crippen molar-refractivity contribution in [1.29, 1.82) is 0 Å². The van der Waals surface area contributed by atoms with Gasteiger partial charge in [-0.2, -0.15) is 0 Å². The molecular formula is C25H28N4O2. The van der Waals surface area contributed by atoms with Gasteiger partial charge >= 0.3 is 0 Å². The summed E-state index contributed by atoms with van der Waals surface area (Å²) in [7, 11) is 0. The van der Waals surface area contributed by atoms with Gasteiger partial charge in [0.05, 0.1) is 17.1 Å². The average Bonchev–Trinajstić information content (AvgIpc) is 3.19. The third-order valence-electron chi connectivity index (χ3n) is 6.69. The number of carbonyl (C=O) groups excluding carboxylic acids is 2. The molecule has 2 amide bonds. The standard InChI is InChI=1S/C25H28N4O2/c1-17(18-8-4-2-5-9-18)26-24(30)19-12-13-22-21(16-19)27-23-25(31)28(14-15-29(22)23)20-10-6-3-7-11-20/h2,4-5,8-9,12-13,16-17,20H,3,6-7,10-11,14-15H2,1H3,(H,26,30)/t17-/m0/s1. The molecule has 3 aromatic rings. The monoisotopic (exact) mass is 416 g/mol. The second kappa shape index (κ2) is 8.17. The summed E-state index contributed by atoms with van der Waals surface area (Å²) in [6.45, 7) is 3.46. The van der Waals surface area contributed by atoms with Gasteiger partial charge in [-0.15, -0.1) is 0 Å². The molecule has 6 nitrogen and oxygen atoms in total. The lowest BCUT2D eigenvalue weighted by molar-refractivity contribution is 0.0566. The topological polar surface area (TPSA) is 67.2 Å². The molecular weight excluding hydrogens is 388 g/mol. The van der Waals surface area contributed by atoms with E-state index in [4.69, 9.17) is 0 Å². The Morgan fingerprint density at radius 3 is 2.61 bits per heavy atom. The van der Waals surface area contributed by atoms with Crippen LogP contribution in [0.2, 0.25) is 0 Å². The molecule has 2 aliphatic rings. The Kier molecular flexibility index (Phi) is 5.22. The van der Waals surface area contributed by atoms with Gasteiger partial charge in [-0.25, -0.2) is 4.98 Å². The third-order valence-corrected chi connectivity index (χ3v) is 6.69. The Morgan fingerprint density at radius 2 is 1.84 bits per heavy atom. The summed E-state index contributed by atoms with van der Waals surface area (Å²) in [6.07, 6.45) is 5.85. The molecule has 5 rings (SSSR count). The highest BCUT2D eigenvalue weighted by atomic mass is 16.2. The van der Waals surface area contributed by atoms with Gasteiger partial charge in [0.1, 0.15) is 0 Å². The number of imidazole rings is 1. The largest absolute Gasteiger partial charge is 0.346 e. The van der Waals surface area contributed by atoms with Crippen LogP contribution in [0.5, 0.6) is 0 Å². The van der Waals surface area contributed by atoms with Crippen molar-refractivity contribution < 1.29 is 9.59 Å². The zero-order valence-electron chi connectivity index (χ0n) is 17.9. The Hall–Kier alpha value is -3.15. The van der Waals surface area contributed by atoms with Crippen molar-refractivity contribution in [1.82, 2.24) is 19.8 Å². The minimum Gasteiger partial charge on any atom is -0.346 e. The third kappa shape index (κ3) is 3.71. The fourth-order valence-corrected chi connectivity index (χ4v) is 4.94. The number of aromatic nitrogens is 2. The van der Waals surface area contributed by atoms with Gasteiger partial charge in [-0.05, 0) is 43.5 Å². The highest BCUT2D eigenvalue weighted by molar-refractivity contribution is 6.00. The summed E-state index contributed by atoms with van der Waals surface area (Å²) >= 11 is 0. The highest BCUT2D eigenvalue weighted by Gasteiger charge is 2.33. The maximum absolute atomic E-state index is 13.2. The fourth-order valence-electron chi connectivity index (χ4n) is 4.94. The average molecular weight is 417 g/mol. The van der Waals surface area contributed by atoms with Crippen molar-refractivity contribution in [2.24, 2.45) is 0 Å². The van der Waals surface area contributed by atoms with Gasteiger partial charge < -0.3 is 14.8 Å². The lowest BCUT2D eigenvalue weighted by Crippen LogP contribution is -2.47. The summed E-state index contributed by atoms with van der Waals surface area (Å²) in [6, 6.07) is 15.7. The first-order valence-corrected chi connectivity index (χ1v) is 11.3. The quantitative estimate of drug-likeness (QED) is 0.689. The van der Waals surface area contributed by atoms with Crippen LogP contribution in [0.3, 0.4) is 0 Å². The molecule has 0 bridgehead atoms. The Labute approximate surface area is 182 Å². The van der Waals surface area contributed by atoms with Crippen LogP contribution in [-0.2, 0) is 6.54 Å². The molecule has 6 heteroatoms. The number of carbonyl (C=O) groups is 2. The van der Waals surface area contributed by atoms with E-state index in [0.717, 1.165) is 37.0 Å². The smallest absolute Gasteiger partial charge is 0.290 e. The van der Waals surface area contributed by atoms with Gasteiger partial charge in [-0.1, -0.05) is 49.6 Å². The predicted octanol–water partition coefficient (Wildman–Crippen LogP) is 4.32. The van der Waals surface area contributed by atoms with Crippen molar-refractivity contribution >= 4 is 22.8 Å². The van der Waals surface area contributed by atoms with Gasteiger partial charge in [0.2, 0.25) is 0 Å². The van der Waals surface area contributed by atoms with Crippen LogP contribution < -0.4 is 5.32 Å². The Bertz CT molecular complexity index is 1120. The van der Waals surface area contributed by atoms with Crippen molar-refractivity contribution in [2.45, 2.75) is 57.7 Å². The number of nitrogens with one attached hydrogen (secondary N) is 1. The summed E-state index contributed by atoms with van der Waals surface area (Å²) < 4.78 is 2.01. The van der Waals surface area contributed by atoms with Gasteiger partial charge in [0.25, 0.3) is 11.8 Å². The first kappa shape index (κ1) is 19.8. The molecule has 2 heterocycles. The van der Waals surface area contributed by atoms with Crippen LogP contribution in [0.4, 0.5) is 0 Å². The van der Waals surface area contributed by atoms with Crippen LogP contribution in [0.25, 0.3) is 11.0 Å². The number of fused-ring (bicyclic) bond motifs is 3. The zero-order chi connectivity index (χ0) is 21.4. The molecule has 160 valence electrons. The van der Waals surface area contributed by atoms with E-state index in [1.54, 1.807) is 6.07 Å². The molecule has 1 saturated carbocycles. The van der Waals surface area contributed by atoms with Crippen molar-refractivity contribution in [3.63, 3.8) is 0 Å². The molecule has 1 fully saturated rings. The van der Waals surface area contributed by atoms with Crippen molar-refractivity contribution in [3.8, 4) is 0 Å². The zero-order valence-corrected chi connectivity index (χ0v) is 17.9. The number of rotatable bonds is 4. The lowest BCUT2D eigenvalue weighted by atomic mass is 9.94. The summed E-state index contributed by atoms with van der Waals surface area (Å²) in [4.78, 5) is 32.7. The fraction of sp³-hybridized carbons (Fsp3) is 0.400. The number of benzene rings is 2. The molecule has 1 aliphatic carbocycles. The van der Waals surface area contributed by atoms with Gasteiger partial charge in [0.15, 0.2) is 5.82 Å². The first-order chi connectivity index (χ1) is 15.1. The molecule has 0 saturated heterocycles. The Balaban J connectivity index is 1.38. The number of nitrogens with zero attached hydrogens (tertiary/aromatic N) is 3. The molecule has 2 aromatic carbocycles. The molecule has 31 heavy (non-hydrogen) atoms. The lowest BCUT2D eigenvalue weighted by Gasteiger charge is -2.36. The van der Waals surface area contributed by atoms with E-state index in [0.29, 0.717) is 22.9 Å². The van der Waals surface area contributed by atoms with Crippen LogP contribution in [0.1, 0.15) is 71.6 Å². The number of hydrogen-bond acceptors (Lipinski definition) is 3. The number of hydrogen-bond donors (Lipinski definition) is 1. The maximum Gasteiger partial charge on any atom is 0.290 e. The second-order valence-electron chi connectivity index (χ2n) is 8.69. The SMILES string of the molecule is C[C@H](NC(=O)c1ccc2c(c1)nc1n2CCN(C2CCCCC2)C1=O)c1ccccc1. The van der Waals surface area contributed by atoms with Crippen LogP contribution in [-0.4, -0.2) is 38.9 Å². The minimum atomic E-state index is -0.139. The van der Waals surface area contributed by atoms with E-state index in [-0.39, 0.29) is 17.9 Å². The van der Waals surface area contributed by atoms with Crippen LogP contribution >= 0.6 is 0 Å². The normalized spacial score (nSPS) is 18.1. The summed E-state index contributed by atoms with van der Waals surface area (Å²) in [5.41, 5.74) is 3.23. The van der Waals surface area contributed by atoms with Gasteiger partial charge in [-0.3, -0.25) is 9.59 Å². The molecule has 1 aromatic heterocycles. The van der Waals surface area contributed by atoms with Crippen LogP contribution in [0.15, 0.2) is 48.5 Å². The van der Waals surface area contributed by atoms with E-state index in [9.17, 15) is 9.59 Å². The van der Waals surface area contributed by atoms with E-state index in [1.165, 1.54) is 19.3 Å². The molecule has 1 aliphatic heterocycles. The maximum atomic E-state index is 13.2. The highest BCUT2D eigenvalue weighted by Crippen LogP contribution is 2.28. The summed E-state index contributed by atoms with van der Waals surface area (Å²) in [5, 5.41) is 3.05. The molecule has 0 unspecified atom stereocenters. The predicted molar refractivity (Wildman–Crippen MR) is 120 cm³/mol. The Morgan fingerprint density at radius 1 is 1.06 bits per heavy atom. The van der Waals surface area contributed by atoms with Crippen LogP contribution in [0, 0.1) is 0 Å². The molecule has 0 spiro atoms. The number of amides is 2. The van der Waals surface area contributed by atoms with E-state index >= 15 is 0 Å². The van der Waals surface area contributed by atoms with E-state index < -0.39 is 0 Å². The van der Waals surface area contributed by atoms with Gasteiger partial charge in [0, 0.05) is 24.7 Å². The second-order valence-corrected chi connectivity index (χ2v) is 8.69.